The number of ketones is 1. The highest BCUT2D eigenvalue weighted by Gasteiger charge is 2.21. The van der Waals surface area contributed by atoms with Crippen LogP contribution in [0.15, 0.2) is 36.4 Å². The van der Waals surface area contributed by atoms with Crippen LogP contribution in [0.4, 0.5) is 0 Å². The molecule has 0 spiro atoms. The van der Waals surface area contributed by atoms with Crippen molar-refractivity contribution in [3.8, 4) is 5.75 Å². The molecule has 0 atom stereocenters. The van der Waals surface area contributed by atoms with E-state index in [2.05, 4.69) is 0 Å². The third-order valence-corrected chi connectivity index (χ3v) is 5.41. The number of rotatable bonds is 3. The van der Waals surface area contributed by atoms with Gasteiger partial charge in [0.25, 0.3) is 0 Å². The molecular formula is C18H15ClO2S. The predicted molar refractivity (Wildman–Crippen MR) is 92.7 cm³/mol. The van der Waals surface area contributed by atoms with Gasteiger partial charge in [-0.1, -0.05) is 29.8 Å². The number of carbonyl (C=O) groups excluding carboxylic acids is 1. The van der Waals surface area contributed by atoms with E-state index in [9.17, 15) is 4.79 Å². The molecule has 0 aliphatic rings. The quantitative estimate of drug-likeness (QED) is 0.600. The van der Waals surface area contributed by atoms with Gasteiger partial charge in [0.05, 0.1) is 17.0 Å². The second-order valence-electron chi connectivity index (χ2n) is 5.20. The molecule has 0 aliphatic heterocycles. The Morgan fingerprint density at radius 3 is 2.45 bits per heavy atom. The monoisotopic (exact) mass is 330 g/mol. The molecule has 0 aliphatic carbocycles. The van der Waals surface area contributed by atoms with Gasteiger partial charge in [-0.15, -0.1) is 11.3 Å². The van der Waals surface area contributed by atoms with Crippen molar-refractivity contribution in [1.29, 1.82) is 0 Å². The van der Waals surface area contributed by atoms with Crippen LogP contribution in [-0.2, 0) is 0 Å². The minimum absolute atomic E-state index is 0.0132. The van der Waals surface area contributed by atoms with Crippen molar-refractivity contribution in [2.45, 2.75) is 13.8 Å². The van der Waals surface area contributed by atoms with Crippen LogP contribution in [0.1, 0.15) is 26.4 Å². The van der Waals surface area contributed by atoms with Gasteiger partial charge in [0.1, 0.15) is 5.75 Å². The summed E-state index contributed by atoms with van der Waals surface area (Å²) in [4.78, 5) is 13.5. The highest BCUT2D eigenvalue weighted by Crippen LogP contribution is 2.38. The van der Waals surface area contributed by atoms with Crippen molar-refractivity contribution >= 4 is 38.8 Å². The molecule has 0 unspecified atom stereocenters. The molecule has 2 nitrogen and oxygen atoms in total. The average molecular weight is 331 g/mol. The SMILES string of the molecule is COc1ccc2c(Cl)c(C(=O)c3c(C)cccc3C)sc2c1. The van der Waals surface area contributed by atoms with Crippen molar-refractivity contribution in [3.05, 3.63) is 63.0 Å². The van der Waals surface area contributed by atoms with Crippen molar-refractivity contribution in [2.75, 3.05) is 7.11 Å². The lowest BCUT2D eigenvalue weighted by Gasteiger charge is -2.07. The minimum atomic E-state index is -0.0132. The van der Waals surface area contributed by atoms with Crippen LogP contribution in [0, 0.1) is 13.8 Å². The number of methoxy groups -OCH3 is 1. The van der Waals surface area contributed by atoms with E-state index in [4.69, 9.17) is 16.3 Å². The molecule has 0 saturated carbocycles. The molecule has 0 saturated heterocycles. The summed E-state index contributed by atoms with van der Waals surface area (Å²) in [5.41, 5.74) is 2.68. The maximum atomic E-state index is 12.9. The summed E-state index contributed by atoms with van der Waals surface area (Å²) < 4.78 is 6.19. The zero-order chi connectivity index (χ0) is 15.9. The average Bonchev–Trinajstić information content (AvgIpc) is 2.83. The normalized spacial score (nSPS) is 10.9. The van der Waals surface area contributed by atoms with Gasteiger partial charge in [-0.2, -0.15) is 0 Å². The molecule has 1 aromatic heterocycles. The van der Waals surface area contributed by atoms with Gasteiger partial charge in [0.2, 0.25) is 5.78 Å². The number of aryl methyl sites for hydroxylation is 2. The first-order valence-corrected chi connectivity index (χ1v) is 8.09. The van der Waals surface area contributed by atoms with E-state index in [1.165, 1.54) is 11.3 Å². The van der Waals surface area contributed by atoms with Crippen molar-refractivity contribution in [2.24, 2.45) is 0 Å². The third kappa shape index (κ3) is 2.40. The Hall–Kier alpha value is -1.84. The molecule has 0 bridgehead atoms. The van der Waals surface area contributed by atoms with Crippen LogP contribution >= 0.6 is 22.9 Å². The Morgan fingerprint density at radius 1 is 1.14 bits per heavy atom. The van der Waals surface area contributed by atoms with E-state index in [1.54, 1.807) is 7.11 Å². The molecule has 2 aromatic carbocycles. The number of halogens is 1. The number of benzene rings is 2. The maximum absolute atomic E-state index is 12.9. The zero-order valence-corrected chi connectivity index (χ0v) is 14.1. The number of hydrogen-bond donors (Lipinski definition) is 0. The maximum Gasteiger partial charge on any atom is 0.205 e. The molecule has 0 fully saturated rings. The third-order valence-electron chi connectivity index (χ3n) is 3.75. The second-order valence-corrected chi connectivity index (χ2v) is 6.63. The van der Waals surface area contributed by atoms with E-state index in [0.29, 0.717) is 9.90 Å². The minimum Gasteiger partial charge on any atom is -0.497 e. The first-order valence-electron chi connectivity index (χ1n) is 6.90. The van der Waals surface area contributed by atoms with Gasteiger partial charge in [0, 0.05) is 15.6 Å². The van der Waals surface area contributed by atoms with Crippen molar-refractivity contribution in [1.82, 2.24) is 0 Å². The van der Waals surface area contributed by atoms with Crippen LogP contribution in [0.25, 0.3) is 10.1 Å². The van der Waals surface area contributed by atoms with E-state index >= 15 is 0 Å². The number of hydrogen-bond acceptors (Lipinski definition) is 3. The number of ether oxygens (including phenoxy) is 1. The number of fused-ring (bicyclic) bond motifs is 1. The van der Waals surface area contributed by atoms with E-state index < -0.39 is 0 Å². The molecule has 0 N–H and O–H groups in total. The first-order chi connectivity index (χ1) is 10.5. The first kappa shape index (κ1) is 15.1. The zero-order valence-electron chi connectivity index (χ0n) is 12.6. The smallest absolute Gasteiger partial charge is 0.205 e. The highest BCUT2D eigenvalue weighted by molar-refractivity contribution is 7.21. The van der Waals surface area contributed by atoms with Crippen LogP contribution in [0.5, 0.6) is 5.75 Å². The Morgan fingerprint density at radius 2 is 1.82 bits per heavy atom. The topological polar surface area (TPSA) is 26.3 Å². The molecular weight excluding hydrogens is 316 g/mol. The lowest BCUT2D eigenvalue weighted by molar-refractivity contribution is 0.104. The molecule has 0 amide bonds. The van der Waals surface area contributed by atoms with Gasteiger partial charge in [-0.3, -0.25) is 4.79 Å². The molecule has 22 heavy (non-hydrogen) atoms. The van der Waals surface area contributed by atoms with Crippen LogP contribution in [0.2, 0.25) is 5.02 Å². The number of carbonyl (C=O) groups is 1. The lowest BCUT2D eigenvalue weighted by atomic mass is 9.98. The highest BCUT2D eigenvalue weighted by atomic mass is 35.5. The molecule has 112 valence electrons. The lowest BCUT2D eigenvalue weighted by Crippen LogP contribution is -2.04. The van der Waals surface area contributed by atoms with Gasteiger partial charge < -0.3 is 4.74 Å². The van der Waals surface area contributed by atoms with Gasteiger partial charge in [-0.25, -0.2) is 0 Å². The molecule has 3 rings (SSSR count). The summed E-state index contributed by atoms with van der Waals surface area (Å²) in [7, 11) is 1.62. The Kier molecular flexibility index (Phi) is 3.94. The van der Waals surface area contributed by atoms with Gasteiger partial charge in [-0.05, 0) is 43.2 Å². The van der Waals surface area contributed by atoms with E-state index in [0.717, 1.165) is 32.5 Å². The molecule has 4 heteroatoms. The van der Waals surface area contributed by atoms with Gasteiger partial charge in [0.15, 0.2) is 0 Å². The summed E-state index contributed by atoms with van der Waals surface area (Å²) >= 11 is 7.86. The van der Waals surface area contributed by atoms with Crippen LogP contribution < -0.4 is 4.74 Å². The van der Waals surface area contributed by atoms with Crippen LogP contribution in [-0.4, -0.2) is 12.9 Å². The van der Waals surface area contributed by atoms with E-state index in [1.807, 2.05) is 50.2 Å². The Bertz CT molecular complexity index is 860. The predicted octanol–water partition coefficient (Wildman–Crippen LogP) is 5.41. The Balaban J connectivity index is 2.17. The summed E-state index contributed by atoms with van der Waals surface area (Å²) in [5.74, 6) is 0.747. The van der Waals surface area contributed by atoms with Crippen LogP contribution in [0.3, 0.4) is 0 Å². The summed E-state index contributed by atoms with van der Waals surface area (Å²) in [6.45, 7) is 3.90. The van der Waals surface area contributed by atoms with Gasteiger partial charge >= 0.3 is 0 Å². The summed E-state index contributed by atoms with van der Waals surface area (Å²) in [6.07, 6.45) is 0. The second kappa shape index (κ2) is 5.75. The van der Waals surface area contributed by atoms with Crippen molar-refractivity contribution < 1.29 is 9.53 Å². The Labute approximate surface area is 138 Å². The number of thiophene rings is 1. The molecule has 3 aromatic rings. The van der Waals surface area contributed by atoms with Crippen molar-refractivity contribution in [3.63, 3.8) is 0 Å². The summed E-state index contributed by atoms with van der Waals surface area (Å²) in [6, 6.07) is 11.5. The molecule has 1 heterocycles. The summed E-state index contributed by atoms with van der Waals surface area (Å²) in [5, 5.41) is 1.41. The largest absolute Gasteiger partial charge is 0.497 e. The fourth-order valence-corrected chi connectivity index (χ4v) is 4.10. The van der Waals surface area contributed by atoms with E-state index in [-0.39, 0.29) is 5.78 Å². The fourth-order valence-electron chi connectivity index (χ4n) is 2.60. The molecule has 0 radical (unpaired) electrons. The fraction of sp³-hybridized carbons (Fsp3) is 0.167. The standard InChI is InChI=1S/C18H15ClO2S/c1-10-5-4-6-11(2)15(10)17(20)18-16(19)13-8-7-12(21-3)9-14(13)22-18/h4-9H,1-3H3.